The van der Waals surface area contributed by atoms with Gasteiger partial charge >= 0.3 is 6.11 Å². The molecule has 2 aliphatic rings. The van der Waals surface area contributed by atoms with E-state index in [0.717, 1.165) is 18.8 Å². The summed E-state index contributed by atoms with van der Waals surface area (Å²) in [7, 11) is 0. The number of halogens is 4. The van der Waals surface area contributed by atoms with Gasteiger partial charge in [-0.3, -0.25) is 0 Å². The molecular formula is C16H26BrF3O. The van der Waals surface area contributed by atoms with Crippen molar-refractivity contribution in [2.45, 2.75) is 87.9 Å². The van der Waals surface area contributed by atoms with Crippen molar-refractivity contribution in [3.05, 3.63) is 0 Å². The molecule has 5 heteroatoms. The third kappa shape index (κ3) is 5.74. The van der Waals surface area contributed by atoms with Gasteiger partial charge in [-0.15, -0.1) is 0 Å². The first-order valence-electron chi connectivity index (χ1n) is 8.31. The van der Waals surface area contributed by atoms with Gasteiger partial charge in [-0.1, -0.05) is 44.9 Å². The van der Waals surface area contributed by atoms with Gasteiger partial charge in [-0.25, -0.2) is 4.39 Å². The number of hydrogen-bond donors (Lipinski definition) is 0. The maximum Gasteiger partial charge on any atom is 0.397 e. The molecule has 0 aromatic heterocycles. The molecule has 2 fully saturated rings. The molecule has 21 heavy (non-hydrogen) atoms. The van der Waals surface area contributed by atoms with Crippen LogP contribution in [0.2, 0.25) is 0 Å². The number of alkyl halides is 4. The first-order chi connectivity index (χ1) is 9.97. The maximum absolute atomic E-state index is 13.2. The smallest absolute Gasteiger partial charge is 0.314 e. The molecule has 1 nitrogen and oxygen atoms in total. The fraction of sp³-hybridized carbons (Fsp3) is 1.00. The molecule has 1 unspecified atom stereocenters. The molecule has 0 saturated heterocycles. The standard InChI is InChI=1S/C16H26BrF3O/c17-15(18)16(19,20)21-14-10-8-13(9-11-14)7-6-12-4-2-1-3-5-12/h12-15H,1-11H2. The average Bonchev–Trinajstić information content (AvgIpc) is 2.47. The molecular weight excluding hydrogens is 345 g/mol. The fourth-order valence-corrected chi connectivity index (χ4v) is 3.87. The molecule has 124 valence electrons. The molecule has 0 N–H and O–H groups in total. The normalized spacial score (nSPS) is 30.3. The lowest BCUT2D eigenvalue weighted by Crippen LogP contribution is -2.36. The maximum atomic E-state index is 13.2. The van der Waals surface area contributed by atoms with Crippen molar-refractivity contribution in [1.82, 2.24) is 0 Å². The van der Waals surface area contributed by atoms with Crippen molar-refractivity contribution in [3.63, 3.8) is 0 Å². The third-order valence-electron chi connectivity index (χ3n) is 5.08. The Morgan fingerprint density at radius 1 is 0.905 bits per heavy atom. The van der Waals surface area contributed by atoms with Crippen LogP contribution in [0.15, 0.2) is 0 Å². The average molecular weight is 371 g/mol. The predicted molar refractivity (Wildman–Crippen MR) is 81.4 cm³/mol. The van der Waals surface area contributed by atoms with E-state index in [1.54, 1.807) is 0 Å². The van der Waals surface area contributed by atoms with E-state index in [1.807, 2.05) is 0 Å². The second kappa shape index (κ2) is 8.19. The van der Waals surface area contributed by atoms with E-state index in [4.69, 9.17) is 0 Å². The first-order valence-corrected chi connectivity index (χ1v) is 9.22. The highest BCUT2D eigenvalue weighted by Crippen LogP contribution is 2.37. The molecule has 0 radical (unpaired) electrons. The quantitative estimate of drug-likeness (QED) is 0.505. The SMILES string of the molecule is FC(Br)C(F)(F)OC1CCC(CCC2CCCCC2)CC1. The second-order valence-electron chi connectivity index (χ2n) is 6.70. The summed E-state index contributed by atoms with van der Waals surface area (Å²) in [5.74, 6) is 1.53. The summed E-state index contributed by atoms with van der Waals surface area (Å²) < 4.78 is 43.7. The Hall–Kier alpha value is 0.230. The van der Waals surface area contributed by atoms with Crippen LogP contribution in [0, 0.1) is 11.8 Å². The van der Waals surface area contributed by atoms with Gasteiger partial charge in [-0.05, 0) is 53.4 Å². The van der Waals surface area contributed by atoms with Crippen molar-refractivity contribution in [2.24, 2.45) is 11.8 Å². The summed E-state index contributed by atoms with van der Waals surface area (Å²) in [6, 6.07) is 0. The van der Waals surface area contributed by atoms with Crippen LogP contribution in [0.25, 0.3) is 0 Å². The van der Waals surface area contributed by atoms with Crippen LogP contribution in [0.4, 0.5) is 13.2 Å². The monoisotopic (exact) mass is 370 g/mol. The van der Waals surface area contributed by atoms with Gasteiger partial charge in [0.2, 0.25) is 5.08 Å². The van der Waals surface area contributed by atoms with E-state index in [0.29, 0.717) is 18.8 Å². The molecule has 0 heterocycles. The van der Waals surface area contributed by atoms with Crippen LogP contribution in [-0.2, 0) is 4.74 Å². The molecule has 0 amide bonds. The van der Waals surface area contributed by atoms with Crippen LogP contribution >= 0.6 is 15.9 Å². The predicted octanol–water partition coefficient (Wildman–Crippen LogP) is 6.21. The lowest BCUT2D eigenvalue weighted by molar-refractivity contribution is -0.280. The molecule has 2 aliphatic carbocycles. The van der Waals surface area contributed by atoms with Crippen molar-refractivity contribution in [3.8, 4) is 0 Å². The highest BCUT2D eigenvalue weighted by atomic mass is 79.9. The Bertz CT molecular complexity index is 298. The second-order valence-corrected chi connectivity index (χ2v) is 7.51. The van der Waals surface area contributed by atoms with Gasteiger partial charge < -0.3 is 4.74 Å². The van der Waals surface area contributed by atoms with Gasteiger partial charge in [-0.2, -0.15) is 8.78 Å². The van der Waals surface area contributed by atoms with Gasteiger partial charge in [0.05, 0.1) is 6.10 Å². The van der Waals surface area contributed by atoms with Crippen molar-refractivity contribution >= 4 is 15.9 Å². The van der Waals surface area contributed by atoms with E-state index >= 15 is 0 Å². The van der Waals surface area contributed by atoms with Gasteiger partial charge in [0.25, 0.3) is 0 Å². The summed E-state index contributed by atoms with van der Waals surface area (Å²) in [4.78, 5) is 0. The zero-order valence-corrected chi connectivity index (χ0v) is 14.1. The van der Waals surface area contributed by atoms with E-state index < -0.39 is 17.3 Å². The van der Waals surface area contributed by atoms with E-state index in [-0.39, 0.29) is 0 Å². The molecule has 0 aliphatic heterocycles. The van der Waals surface area contributed by atoms with Gasteiger partial charge in [0.1, 0.15) is 0 Å². The summed E-state index contributed by atoms with van der Waals surface area (Å²) in [6.07, 6.45) is 8.31. The van der Waals surface area contributed by atoms with E-state index in [9.17, 15) is 13.2 Å². The van der Waals surface area contributed by atoms with Crippen LogP contribution in [0.5, 0.6) is 0 Å². The zero-order chi connectivity index (χ0) is 15.3. The van der Waals surface area contributed by atoms with E-state index in [1.165, 1.54) is 44.9 Å². The molecule has 0 bridgehead atoms. The fourth-order valence-electron chi connectivity index (χ4n) is 3.76. The van der Waals surface area contributed by atoms with E-state index in [2.05, 4.69) is 20.7 Å². The minimum atomic E-state index is -3.71. The van der Waals surface area contributed by atoms with Gasteiger partial charge in [0.15, 0.2) is 0 Å². The minimum Gasteiger partial charge on any atom is -0.314 e. The van der Waals surface area contributed by atoms with Crippen molar-refractivity contribution in [2.75, 3.05) is 0 Å². The Balaban J connectivity index is 1.63. The molecule has 0 aromatic carbocycles. The summed E-state index contributed by atoms with van der Waals surface area (Å²) >= 11 is 2.26. The Morgan fingerprint density at radius 2 is 1.43 bits per heavy atom. The molecule has 2 saturated carbocycles. The Kier molecular flexibility index (Phi) is 6.85. The zero-order valence-electron chi connectivity index (χ0n) is 12.5. The van der Waals surface area contributed by atoms with Gasteiger partial charge in [0, 0.05) is 0 Å². The lowest BCUT2D eigenvalue weighted by Gasteiger charge is -2.32. The highest BCUT2D eigenvalue weighted by molar-refractivity contribution is 9.09. The molecule has 2 rings (SSSR count). The Morgan fingerprint density at radius 3 is 1.95 bits per heavy atom. The van der Waals surface area contributed by atoms with Crippen LogP contribution in [0.3, 0.4) is 0 Å². The van der Waals surface area contributed by atoms with Crippen molar-refractivity contribution < 1.29 is 17.9 Å². The third-order valence-corrected chi connectivity index (χ3v) is 5.61. The molecule has 1 atom stereocenters. The highest BCUT2D eigenvalue weighted by Gasteiger charge is 2.42. The summed E-state index contributed by atoms with van der Waals surface area (Å²) in [5, 5.41) is -2.42. The van der Waals surface area contributed by atoms with Crippen LogP contribution in [-0.4, -0.2) is 17.3 Å². The number of rotatable bonds is 6. The Labute approximate surface area is 134 Å². The summed E-state index contributed by atoms with van der Waals surface area (Å²) in [6.45, 7) is 0. The first kappa shape index (κ1) is 17.6. The molecule has 0 spiro atoms. The largest absolute Gasteiger partial charge is 0.397 e. The van der Waals surface area contributed by atoms with Crippen molar-refractivity contribution in [1.29, 1.82) is 0 Å². The minimum absolute atomic E-state index is 0.498. The lowest BCUT2D eigenvalue weighted by atomic mass is 9.79. The molecule has 0 aromatic rings. The number of hydrogen-bond acceptors (Lipinski definition) is 1. The summed E-state index contributed by atoms with van der Waals surface area (Å²) in [5.41, 5.74) is 0. The topological polar surface area (TPSA) is 9.23 Å². The van der Waals surface area contributed by atoms with Crippen LogP contribution < -0.4 is 0 Å². The van der Waals surface area contributed by atoms with Crippen LogP contribution in [0.1, 0.15) is 70.6 Å². The number of ether oxygens (including phenoxy) is 1.